The molecule has 0 radical (unpaired) electrons. The van der Waals surface area contributed by atoms with E-state index in [0.29, 0.717) is 36.8 Å². The predicted molar refractivity (Wildman–Crippen MR) is 120 cm³/mol. The summed E-state index contributed by atoms with van der Waals surface area (Å²) >= 11 is 0. The largest absolute Gasteiger partial charge is 0.496 e. The van der Waals surface area contributed by atoms with Crippen LogP contribution in [0, 0.1) is 0 Å². The number of methoxy groups -OCH3 is 2. The SMILES string of the molecule is COc1cccc(OC)c1C(=O)NC[C@@H](c1ccc2c(c1)CCN2C)N1CCOCC1. The second kappa shape index (κ2) is 9.58. The number of ether oxygens (including phenoxy) is 3. The van der Waals surface area contributed by atoms with Gasteiger partial charge in [-0.2, -0.15) is 0 Å². The van der Waals surface area contributed by atoms with Crippen LogP contribution in [0.2, 0.25) is 0 Å². The van der Waals surface area contributed by atoms with E-state index in [-0.39, 0.29) is 11.9 Å². The summed E-state index contributed by atoms with van der Waals surface area (Å²) in [7, 11) is 5.25. The fourth-order valence-electron chi connectivity index (χ4n) is 4.49. The second-order valence-electron chi connectivity index (χ2n) is 7.97. The van der Waals surface area contributed by atoms with E-state index >= 15 is 0 Å². The lowest BCUT2D eigenvalue weighted by Crippen LogP contribution is -2.44. The molecule has 2 aromatic rings. The Labute approximate surface area is 183 Å². The summed E-state index contributed by atoms with van der Waals surface area (Å²) < 4.78 is 16.4. The van der Waals surface area contributed by atoms with E-state index in [0.717, 1.165) is 26.1 Å². The van der Waals surface area contributed by atoms with Crippen LogP contribution in [-0.4, -0.2) is 71.5 Å². The Hall–Kier alpha value is -2.77. The number of carbonyl (C=O) groups excluding carboxylic acids is 1. The first kappa shape index (κ1) is 21.5. The summed E-state index contributed by atoms with van der Waals surface area (Å²) in [4.78, 5) is 17.8. The second-order valence-corrected chi connectivity index (χ2v) is 7.97. The predicted octanol–water partition coefficient (Wildman–Crippen LogP) is 2.50. The summed E-state index contributed by atoms with van der Waals surface area (Å²) in [5, 5.41) is 3.13. The van der Waals surface area contributed by atoms with Gasteiger partial charge < -0.3 is 24.4 Å². The summed E-state index contributed by atoms with van der Waals surface area (Å²) in [6.07, 6.45) is 1.06. The van der Waals surface area contributed by atoms with Crippen LogP contribution in [0.5, 0.6) is 11.5 Å². The van der Waals surface area contributed by atoms with E-state index < -0.39 is 0 Å². The molecule has 1 amide bonds. The molecule has 2 aliphatic rings. The number of nitrogens with one attached hydrogen (secondary N) is 1. The van der Waals surface area contributed by atoms with E-state index in [1.165, 1.54) is 16.8 Å². The number of hydrogen-bond acceptors (Lipinski definition) is 6. The number of rotatable bonds is 7. The highest BCUT2D eigenvalue weighted by Gasteiger charge is 2.27. The van der Waals surface area contributed by atoms with E-state index in [4.69, 9.17) is 14.2 Å². The number of anilines is 1. The van der Waals surface area contributed by atoms with Gasteiger partial charge in [0.25, 0.3) is 5.91 Å². The van der Waals surface area contributed by atoms with Crippen molar-refractivity contribution >= 4 is 11.6 Å². The number of carbonyl (C=O) groups is 1. The van der Waals surface area contributed by atoms with Crippen LogP contribution in [0.25, 0.3) is 0 Å². The molecule has 1 atom stereocenters. The molecule has 0 aromatic heterocycles. The highest BCUT2D eigenvalue weighted by molar-refractivity contribution is 5.99. The third-order valence-corrected chi connectivity index (χ3v) is 6.21. The molecule has 2 aromatic carbocycles. The number of likely N-dealkylation sites (N-methyl/N-ethyl adjacent to an activating group) is 1. The van der Waals surface area contributed by atoms with Crippen LogP contribution in [0.3, 0.4) is 0 Å². The number of benzene rings is 2. The maximum Gasteiger partial charge on any atom is 0.258 e. The van der Waals surface area contributed by atoms with Gasteiger partial charge in [-0.1, -0.05) is 18.2 Å². The summed E-state index contributed by atoms with van der Waals surface area (Å²) in [5.41, 5.74) is 4.32. The molecule has 4 rings (SSSR count). The maximum absolute atomic E-state index is 13.1. The number of amides is 1. The summed E-state index contributed by atoms with van der Waals surface area (Å²) in [5.74, 6) is 0.800. The van der Waals surface area contributed by atoms with Gasteiger partial charge in [0.1, 0.15) is 17.1 Å². The molecule has 1 fully saturated rings. The van der Waals surface area contributed by atoms with Gasteiger partial charge in [0.15, 0.2) is 0 Å². The Balaban J connectivity index is 1.57. The normalized spacial score (nSPS) is 17.2. The average molecular weight is 426 g/mol. The van der Waals surface area contributed by atoms with Crippen LogP contribution in [0.15, 0.2) is 36.4 Å². The average Bonchev–Trinajstić information content (AvgIpc) is 3.19. The summed E-state index contributed by atoms with van der Waals surface area (Å²) in [6.45, 7) is 4.64. The zero-order valence-corrected chi connectivity index (χ0v) is 18.5. The highest BCUT2D eigenvalue weighted by atomic mass is 16.5. The van der Waals surface area contributed by atoms with Gasteiger partial charge in [-0.05, 0) is 35.7 Å². The van der Waals surface area contributed by atoms with E-state index in [1.807, 2.05) is 6.07 Å². The molecule has 166 valence electrons. The van der Waals surface area contributed by atoms with Crippen LogP contribution in [0.1, 0.15) is 27.5 Å². The first-order chi connectivity index (χ1) is 15.1. The zero-order valence-electron chi connectivity index (χ0n) is 18.5. The molecule has 0 spiro atoms. The van der Waals surface area contributed by atoms with Crippen molar-refractivity contribution in [2.45, 2.75) is 12.5 Å². The molecular weight excluding hydrogens is 394 g/mol. The van der Waals surface area contributed by atoms with Crippen molar-refractivity contribution in [2.24, 2.45) is 0 Å². The van der Waals surface area contributed by atoms with Gasteiger partial charge in [-0.3, -0.25) is 9.69 Å². The minimum Gasteiger partial charge on any atom is -0.496 e. The molecular formula is C24H31N3O4. The molecule has 2 heterocycles. The molecule has 1 N–H and O–H groups in total. The Bertz CT molecular complexity index is 905. The standard InChI is InChI=1S/C24H31N3O4/c1-26-10-9-18-15-17(7-8-19(18)26)20(27-11-13-31-14-12-27)16-25-24(28)23-21(29-2)5-4-6-22(23)30-3/h4-8,15,20H,9-14,16H2,1-3H3,(H,25,28)/t20-/m0/s1. The van der Waals surface area contributed by atoms with Crippen LogP contribution < -0.4 is 19.7 Å². The van der Waals surface area contributed by atoms with E-state index in [1.54, 1.807) is 26.4 Å². The quantitative estimate of drug-likeness (QED) is 0.736. The molecule has 2 aliphatic heterocycles. The van der Waals surface area contributed by atoms with Crippen molar-refractivity contribution in [1.29, 1.82) is 0 Å². The van der Waals surface area contributed by atoms with E-state index in [2.05, 4.69) is 40.4 Å². The molecule has 0 saturated carbocycles. The first-order valence-electron chi connectivity index (χ1n) is 10.8. The van der Waals surface area contributed by atoms with Gasteiger partial charge in [0, 0.05) is 38.9 Å². The zero-order chi connectivity index (χ0) is 21.8. The van der Waals surface area contributed by atoms with Crippen molar-refractivity contribution in [3.63, 3.8) is 0 Å². The molecule has 0 unspecified atom stereocenters. The van der Waals surface area contributed by atoms with Crippen molar-refractivity contribution in [2.75, 3.05) is 65.6 Å². The Morgan fingerprint density at radius 2 is 1.81 bits per heavy atom. The van der Waals surface area contributed by atoms with E-state index in [9.17, 15) is 4.79 Å². The highest BCUT2D eigenvalue weighted by Crippen LogP contribution is 2.32. The number of fused-ring (bicyclic) bond motifs is 1. The molecule has 0 aliphatic carbocycles. The fraction of sp³-hybridized carbons (Fsp3) is 0.458. The molecule has 31 heavy (non-hydrogen) atoms. The number of morpholine rings is 1. The third-order valence-electron chi connectivity index (χ3n) is 6.21. The Morgan fingerprint density at radius 3 is 2.48 bits per heavy atom. The van der Waals surface area contributed by atoms with Gasteiger partial charge in [-0.25, -0.2) is 0 Å². The lowest BCUT2D eigenvalue weighted by atomic mass is 10.00. The van der Waals surface area contributed by atoms with Crippen molar-refractivity contribution in [3.05, 3.63) is 53.1 Å². The monoisotopic (exact) mass is 425 g/mol. The van der Waals surface area contributed by atoms with Gasteiger partial charge in [0.2, 0.25) is 0 Å². The van der Waals surface area contributed by atoms with Gasteiger partial charge >= 0.3 is 0 Å². The van der Waals surface area contributed by atoms with Crippen molar-refractivity contribution in [1.82, 2.24) is 10.2 Å². The molecule has 7 nitrogen and oxygen atoms in total. The Morgan fingerprint density at radius 1 is 1.10 bits per heavy atom. The number of nitrogens with zero attached hydrogens (tertiary/aromatic N) is 2. The lowest BCUT2D eigenvalue weighted by Gasteiger charge is -2.35. The summed E-state index contributed by atoms with van der Waals surface area (Å²) in [6, 6.07) is 12.1. The van der Waals surface area contributed by atoms with Crippen molar-refractivity contribution < 1.29 is 19.0 Å². The molecule has 1 saturated heterocycles. The van der Waals surface area contributed by atoms with Gasteiger partial charge in [0.05, 0.1) is 33.5 Å². The minimum absolute atomic E-state index is 0.0739. The smallest absolute Gasteiger partial charge is 0.258 e. The molecule has 0 bridgehead atoms. The Kier molecular flexibility index (Phi) is 6.63. The van der Waals surface area contributed by atoms with Crippen LogP contribution in [-0.2, 0) is 11.2 Å². The third kappa shape index (κ3) is 4.48. The lowest BCUT2D eigenvalue weighted by molar-refractivity contribution is 0.0162. The maximum atomic E-state index is 13.1. The fourth-order valence-corrected chi connectivity index (χ4v) is 4.49. The van der Waals surface area contributed by atoms with Crippen LogP contribution in [0.4, 0.5) is 5.69 Å². The minimum atomic E-state index is -0.201. The topological polar surface area (TPSA) is 63.3 Å². The van der Waals surface area contributed by atoms with Crippen LogP contribution >= 0.6 is 0 Å². The van der Waals surface area contributed by atoms with Crippen molar-refractivity contribution in [3.8, 4) is 11.5 Å². The van der Waals surface area contributed by atoms with Gasteiger partial charge in [-0.15, -0.1) is 0 Å². The first-order valence-corrected chi connectivity index (χ1v) is 10.8. The number of hydrogen-bond donors (Lipinski definition) is 1. The molecule has 7 heteroatoms.